The van der Waals surface area contributed by atoms with Crippen LogP contribution in [0.3, 0.4) is 0 Å². The molecule has 0 radical (unpaired) electrons. The largest absolute Gasteiger partial charge is 0.458 e. The highest BCUT2D eigenvalue weighted by molar-refractivity contribution is 9.11. The number of esters is 1. The molecule has 2 aromatic carbocycles. The summed E-state index contributed by atoms with van der Waals surface area (Å²) in [5.41, 5.74) is 0.998. The van der Waals surface area contributed by atoms with Gasteiger partial charge in [-0.05, 0) is 47.9 Å². The predicted octanol–water partition coefficient (Wildman–Crippen LogP) is 6.02. The van der Waals surface area contributed by atoms with Crippen molar-refractivity contribution >= 4 is 48.6 Å². The fourth-order valence-corrected chi connectivity index (χ4v) is 3.01. The van der Waals surface area contributed by atoms with E-state index in [2.05, 4.69) is 37.9 Å². The van der Waals surface area contributed by atoms with Gasteiger partial charge in [-0.2, -0.15) is 0 Å². The fourth-order valence-electron chi connectivity index (χ4n) is 2.07. The second-order valence-corrected chi connectivity index (χ2v) is 6.93. The van der Waals surface area contributed by atoms with E-state index in [1.165, 1.54) is 0 Å². The molecule has 0 fully saturated rings. The molecule has 2 rings (SSSR count). The van der Waals surface area contributed by atoms with Crippen molar-refractivity contribution in [2.75, 3.05) is 0 Å². The first kappa shape index (κ1) is 16.5. The van der Waals surface area contributed by atoms with E-state index in [4.69, 9.17) is 4.74 Å². The van der Waals surface area contributed by atoms with Gasteiger partial charge in [-0.25, -0.2) is 0 Å². The third-order valence-electron chi connectivity index (χ3n) is 3.71. The van der Waals surface area contributed by atoms with Crippen molar-refractivity contribution in [3.63, 3.8) is 0 Å². The lowest BCUT2D eigenvalue weighted by atomic mass is 10.0. The molecule has 0 aromatic heterocycles. The Morgan fingerprint density at radius 1 is 1.10 bits per heavy atom. The molecule has 4 heteroatoms. The quantitative estimate of drug-likeness (QED) is 0.573. The predicted molar refractivity (Wildman–Crippen MR) is 93.3 cm³/mol. The second-order valence-electron chi connectivity index (χ2n) is 5.22. The van der Waals surface area contributed by atoms with Crippen LogP contribution in [0.4, 0.5) is 0 Å². The van der Waals surface area contributed by atoms with E-state index in [-0.39, 0.29) is 18.0 Å². The maximum Gasteiger partial charge on any atom is 0.309 e. The summed E-state index contributed by atoms with van der Waals surface area (Å²) in [4.78, 5) is 11.9. The zero-order valence-electron chi connectivity index (χ0n) is 12.3. The molecule has 2 unspecified atom stereocenters. The summed E-state index contributed by atoms with van der Waals surface area (Å²) in [6, 6.07) is 10.1. The summed E-state index contributed by atoms with van der Waals surface area (Å²) in [5, 5.41) is 2.24. The summed E-state index contributed by atoms with van der Waals surface area (Å²) in [6.07, 6.45) is 0.545. The second kappa shape index (κ2) is 6.93. The highest BCUT2D eigenvalue weighted by atomic mass is 79.9. The van der Waals surface area contributed by atoms with Crippen LogP contribution < -0.4 is 0 Å². The van der Waals surface area contributed by atoms with Crippen molar-refractivity contribution in [1.29, 1.82) is 0 Å². The number of rotatable bonds is 4. The summed E-state index contributed by atoms with van der Waals surface area (Å²) in [5.74, 6) is -0.202. The topological polar surface area (TPSA) is 26.3 Å². The van der Waals surface area contributed by atoms with Gasteiger partial charge in [0.1, 0.15) is 6.10 Å². The van der Waals surface area contributed by atoms with E-state index in [9.17, 15) is 4.79 Å². The van der Waals surface area contributed by atoms with Crippen molar-refractivity contribution in [1.82, 2.24) is 0 Å². The van der Waals surface area contributed by atoms with Crippen molar-refractivity contribution in [3.05, 3.63) is 44.8 Å². The zero-order valence-corrected chi connectivity index (χ0v) is 15.5. The van der Waals surface area contributed by atoms with Crippen molar-refractivity contribution in [3.8, 4) is 0 Å². The smallest absolute Gasteiger partial charge is 0.309 e. The Morgan fingerprint density at radius 3 is 2.33 bits per heavy atom. The molecule has 0 amide bonds. The van der Waals surface area contributed by atoms with E-state index in [1.54, 1.807) is 0 Å². The number of ether oxygens (including phenoxy) is 1. The Morgan fingerprint density at radius 2 is 1.71 bits per heavy atom. The summed E-state index contributed by atoms with van der Waals surface area (Å²) < 4.78 is 7.63. The van der Waals surface area contributed by atoms with E-state index in [0.29, 0.717) is 0 Å². The lowest BCUT2D eigenvalue weighted by molar-refractivity contribution is -0.153. The van der Waals surface area contributed by atoms with Crippen LogP contribution in [0.2, 0.25) is 0 Å². The summed E-state index contributed by atoms with van der Waals surface area (Å²) in [6.45, 7) is 5.79. The molecule has 2 atom stereocenters. The standard InChI is InChI=1S/C17H18Br2O2/c1-4-10(2)17(20)21-11(3)12-5-6-13-14(9-12)16(19)8-7-15(13)18/h5-11H,4H2,1-3H3. The van der Waals surface area contributed by atoms with Crippen molar-refractivity contribution < 1.29 is 9.53 Å². The van der Waals surface area contributed by atoms with Gasteiger partial charge in [-0.1, -0.05) is 57.8 Å². The van der Waals surface area contributed by atoms with Crippen LogP contribution in [0.25, 0.3) is 10.8 Å². The molecular weight excluding hydrogens is 396 g/mol. The molecule has 0 aliphatic rings. The van der Waals surface area contributed by atoms with Gasteiger partial charge in [-0.3, -0.25) is 4.79 Å². The van der Waals surface area contributed by atoms with E-state index < -0.39 is 0 Å². The third kappa shape index (κ3) is 3.67. The summed E-state index contributed by atoms with van der Waals surface area (Å²) in [7, 11) is 0. The molecule has 0 spiro atoms. The molecule has 0 N–H and O–H groups in total. The average molecular weight is 414 g/mol. The fraction of sp³-hybridized carbons (Fsp3) is 0.353. The SMILES string of the molecule is CCC(C)C(=O)OC(C)c1ccc2c(Br)ccc(Br)c2c1. The minimum Gasteiger partial charge on any atom is -0.458 e. The normalized spacial score (nSPS) is 14.0. The van der Waals surface area contributed by atoms with E-state index in [0.717, 1.165) is 31.7 Å². The van der Waals surface area contributed by atoms with Gasteiger partial charge in [0.05, 0.1) is 5.92 Å². The minimum absolute atomic E-state index is 0.0613. The number of benzene rings is 2. The first-order chi connectivity index (χ1) is 9.93. The zero-order chi connectivity index (χ0) is 15.6. The monoisotopic (exact) mass is 412 g/mol. The molecule has 0 bridgehead atoms. The number of carbonyl (C=O) groups excluding carboxylic acids is 1. The van der Waals surface area contributed by atoms with Crippen LogP contribution >= 0.6 is 31.9 Å². The van der Waals surface area contributed by atoms with Gasteiger partial charge in [0.2, 0.25) is 0 Å². The average Bonchev–Trinajstić information content (AvgIpc) is 2.49. The molecule has 2 aromatic rings. The Bertz CT molecular complexity index is 667. The maximum absolute atomic E-state index is 11.9. The van der Waals surface area contributed by atoms with Gasteiger partial charge in [0.25, 0.3) is 0 Å². The Kier molecular flexibility index (Phi) is 5.44. The highest BCUT2D eigenvalue weighted by Gasteiger charge is 2.17. The first-order valence-electron chi connectivity index (χ1n) is 7.02. The van der Waals surface area contributed by atoms with Crippen LogP contribution in [-0.4, -0.2) is 5.97 Å². The third-order valence-corrected chi connectivity index (χ3v) is 5.09. The molecule has 112 valence electrons. The molecule has 0 aliphatic heterocycles. The van der Waals surface area contributed by atoms with Crippen LogP contribution in [0.1, 0.15) is 38.9 Å². The number of carbonyl (C=O) groups is 1. The molecule has 0 saturated heterocycles. The van der Waals surface area contributed by atoms with Crippen LogP contribution in [-0.2, 0) is 9.53 Å². The van der Waals surface area contributed by atoms with Crippen LogP contribution in [0, 0.1) is 5.92 Å². The van der Waals surface area contributed by atoms with Crippen molar-refractivity contribution in [2.45, 2.75) is 33.3 Å². The maximum atomic E-state index is 11.9. The molecule has 2 nitrogen and oxygen atoms in total. The van der Waals surface area contributed by atoms with Gasteiger partial charge < -0.3 is 4.74 Å². The molecule has 21 heavy (non-hydrogen) atoms. The Balaban J connectivity index is 2.30. The van der Waals surface area contributed by atoms with Crippen LogP contribution in [0.5, 0.6) is 0 Å². The Labute approximate surface area is 142 Å². The van der Waals surface area contributed by atoms with Gasteiger partial charge in [-0.15, -0.1) is 0 Å². The number of hydrogen-bond acceptors (Lipinski definition) is 2. The summed E-state index contributed by atoms with van der Waals surface area (Å²) >= 11 is 7.13. The molecule has 0 saturated carbocycles. The lowest BCUT2D eigenvalue weighted by Gasteiger charge is -2.17. The molecule has 0 aliphatic carbocycles. The Hall–Kier alpha value is -0.870. The number of hydrogen-bond donors (Lipinski definition) is 0. The number of fused-ring (bicyclic) bond motifs is 1. The van der Waals surface area contributed by atoms with E-state index in [1.807, 2.05) is 45.0 Å². The first-order valence-corrected chi connectivity index (χ1v) is 8.60. The highest BCUT2D eigenvalue weighted by Crippen LogP contribution is 2.33. The van der Waals surface area contributed by atoms with Gasteiger partial charge in [0, 0.05) is 8.95 Å². The van der Waals surface area contributed by atoms with E-state index >= 15 is 0 Å². The molecular formula is C17H18Br2O2. The lowest BCUT2D eigenvalue weighted by Crippen LogP contribution is -2.16. The number of halogens is 2. The van der Waals surface area contributed by atoms with Gasteiger partial charge in [0.15, 0.2) is 0 Å². The molecule has 0 heterocycles. The van der Waals surface area contributed by atoms with Gasteiger partial charge >= 0.3 is 5.97 Å². The minimum atomic E-state index is -0.248. The van der Waals surface area contributed by atoms with Crippen molar-refractivity contribution in [2.24, 2.45) is 5.92 Å². The van der Waals surface area contributed by atoms with Crippen LogP contribution in [0.15, 0.2) is 39.3 Å².